The number of alkyl halides is 1. The molecule has 23 heavy (non-hydrogen) atoms. The fraction of sp³-hybridized carbons (Fsp3) is 0.556. The molecule has 0 aliphatic heterocycles. The number of hydrogen-bond donors (Lipinski definition) is 1. The SMILES string of the molecule is O=C(NC(C(=O)CBr)C1CC2(CCC2)C1)OCc1ccccc1. The van der Waals surface area contributed by atoms with Crippen LogP contribution >= 0.6 is 15.9 Å². The highest BCUT2D eigenvalue weighted by molar-refractivity contribution is 9.09. The Morgan fingerprint density at radius 3 is 2.52 bits per heavy atom. The summed E-state index contributed by atoms with van der Waals surface area (Å²) in [4.78, 5) is 24.2. The molecular formula is C18H22BrNO3. The largest absolute Gasteiger partial charge is 0.445 e. The first-order chi connectivity index (χ1) is 11.1. The van der Waals surface area contributed by atoms with Gasteiger partial charge in [-0.2, -0.15) is 0 Å². The van der Waals surface area contributed by atoms with E-state index in [1.54, 1.807) is 0 Å². The van der Waals surface area contributed by atoms with Crippen LogP contribution in [-0.2, 0) is 16.1 Å². The molecule has 124 valence electrons. The fourth-order valence-corrected chi connectivity index (χ4v) is 4.16. The highest BCUT2D eigenvalue weighted by atomic mass is 79.9. The molecule has 5 heteroatoms. The minimum atomic E-state index is -0.511. The van der Waals surface area contributed by atoms with Crippen LogP contribution in [0.25, 0.3) is 0 Å². The number of carbonyl (C=O) groups is 2. The normalized spacial score (nSPS) is 20.2. The summed E-state index contributed by atoms with van der Waals surface area (Å²) in [6.45, 7) is 0.219. The van der Waals surface area contributed by atoms with Gasteiger partial charge in [-0.05, 0) is 42.6 Å². The maximum atomic E-state index is 12.2. The summed E-state index contributed by atoms with van der Waals surface area (Å²) in [6, 6.07) is 9.10. The smallest absolute Gasteiger partial charge is 0.408 e. The maximum Gasteiger partial charge on any atom is 0.408 e. The van der Waals surface area contributed by atoms with Crippen molar-refractivity contribution in [2.45, 2.75) is 44.8 Å². The van der Waals surface area contributed by atoms with Crippen LogP contribution in [0.4, 0.5) is 4.79 Å². The van der Waals surface area contributed by atoms with E-state index in [0.717, 1.165) is 18.4 Å². The highest BCUT2D eigenvalue weighted by Gasteiger charge is 2.51. The predicted molar refractivity (Wildman–Crippen MR) is 91.4 cm³/mol. The van der Waals surface area contributed by atoms with E-state index in [9.17, 15) is 9.59 Å². The standard InChI is InChI=1S/C18H22BrNO3/c19-11-15(21)16(14-9-18(10-14)7-4-8-18)20-17(22)23-12-13-5-2-1-3-6-13/h1-3,5-6,14,16H,4,7-12H2,(H,20,22). The second kappa shape index (κ2) is 7.04. The first-order valence-electron chi connectivity index (χ1n) is 8.18. The molecule has 0 heterocycles. The van der Waals surface area contributed by atoms with Crippen LogP contribution in [0.2, 0.25) is 0 Å². The molecule has 0 bridgehead atoms. The zero-order chi connectivity index (χ0) is 16.3. The zero-order valence-corrected chi connectivity index (χ0v) is 14.7. The molecule has 1 N–H and O–H groups in total. The van der Waals surface area contributed by atoms with Gasteiger partial charge in [-0.3, -0.25) is 4.79 Å². The maximum absolute atomic E-state index is 12.2. The molecule has 1 atom stereocenters. The molecule has 2 aliphatic rings. The van der Waals surface area contributed by atoms with Crippen molar-refractivity contribution in [3.63, 3.8) is 0 Å². The fourth-order valence-electron chi connectivity index (χ4n) is 3.81. The Morgan fingerprint density at radius 1 is 1.26 bits per heavy atom. The first kappa shape index (κ1) is 16.5. The molecule has 1 aromatic carbocycles. The molecule has 1 unspecified atom stereocenters. The van der Waals surface area contributed by atoms with E-state index in [0.29, 0.717) is 5.41 Å². The monoisotopic (exact) mass is 379 g/mol. The van der Waals surface area contributed by atoms with Gasteiger partial charge in [0.15, 0.2) is 5.78 Å². The van der Waals surface area contributed by atoms with Gasteiger partial charge in [-0.1, -0.05) is 52.7 Å². The molecule has 4 nitrogen and oxygen atoms in total. The number of Topliss-reactive ketones (excluding diaryl/α,β-unsaturated/α-hetero) is 1. The van der Waals surface area contributed by atoms with Gasteiger partial charge in [0.1, 0.15) is 6.61 Å². The Balaban J connectivity index is 1.51. The molecule has 1 spiro atoms. The minimum Gasteiger partial charge on any atom is -0.445 e. The molecule has 1 amide bonds. The third kappa shape index (κ3) is 3.77. The number of rotatable bonds is 6. The molecule has 0 aromatic heterocycles. The second-order valence-corrected chi connectivity index (χ2v) is 7.37. The Hall–Kier alpha value is -1.36. The van der Waals surface area contributed by atoms with Crippen molar-refractivity contribution in [1.82, 2.24) is 5.32 Å². The summed E-state index contributed by atoms with van der Waals surface area (Å²) in [7, 11) is 0. The predicted octanol–water partition coefficient (Wildman–Crippen LogP) is 3.83. The van der Waals surface area contributed by atoms with E-state index in [1.165, 1.54) is 19.3 Å². The van der Waals surface area contributed by atoms with E-state index < -0.39 is 12.1 Å². The number of ketones is 1. The lowest BCUT2D eigenvalue weighted by Crippen LogP contribution is -2.55. The van der Waals surface area contributed by atoms with Gasteiger partial charge in [-0.25, -0.2) is 4.79 Å². The van der Waals surface area contributed by atoms with Crippen molar-refractivity contribution in [2.75, 3.05) is 5.33 Å². The third-order valence-electron chi connectivity index (χ3n) is 5.24. The summed E-state index contributed by atoms with van der Waals surface area (Å²) < 4.78 is 5.25. The van der Waals surface area contributed by atoms with Gasteiger partial charge < -0.3 is 10.1 Å². The zero-order valence-electron chi connectivity index (χ0n) is 13.1. The number of benzene rings is 1. The second-order valence-electron chi connectivity index (χ2n) is 6.81. The summed E-state index contributed by atoms with van der Waals surface area (Å²) in [6.07, 6.45) is 5.44. The highest BCUT2D eigenvalue weighted by Crippen LogP contribution is 2.59. The third-order valence-corrected chi connectivity index (χ3v) is 5.79. The number of nitrogens with one attached hydrogen (secondary N) is 1. The van der Waals surface area contributed by atoms with Gasteiger partial charge in [0.2, 0.25) is 0 Å². The van der Waals surface area contributed by atoms with Crippen molar-refractivity contribution < 1.29 is 14.3 Å². The van der Waals surface area contributed by atoms with Crippen LogP contribution in [0.5, 0.6) is 0 Å². The van der Waals surface area contributed by atoms with Crippen molar-refractivity contribution in [3.05, 3.63) is 35.9 Å². The van der Waals surface area contributed by atoms with Crippen LogP contribution < -0.4 is 5.32 Å². The summed E-state index contributed by atoms with van der Waals surface area (Å²) in [5, 5.41) is 3.05. The molecule has 2 fully saturated rings. The molecule has 1 aromatic rings. The number of halogens is 1. The van der Waals surface area contributed by atoms with E-state index in [2.05, 4.69) is 21.2 Å². The lowest BCUT2D eigenvalue weighted by atomic mass is 9.50. The van der Waals surface area contributed by atoms with Gasteiger partial charge in [-0.15, -0.1) is 0 Å². The van der Waals surface area contributed by atoms with E-state index in [1.807, 2.05) is 30.3 Å². The summed E-state index contributed by atoms with van der Waals surface area (Å²) in [5.74, 6) is 0.283. The van der Waals surface area contributed by atoms with E-state index in [-0.39, 0.29) is 23.6 Å². The molecule has 0 radical (unpaired) electrons. The summed E-state index contributed by atoms with van der Waals surface area (Å²) >= 11 is 3.22. The van der Waals surface area contributed by atoms with Gasteiger partial charge in [0.05, 0.1) is 11.4 Å². The number of ether oxygens (including phenoxy) is 1. The molecule has 2 saturated carbocycles. The van der Waals surface area contributed by atoms with Crippen LogP contribution in [0.15, 0.2) is 30.3 Å². The van der Waals surface area contributed by atoms with Crippen molar-refractivity contribution >= 4 is 27.8 Å². The van der Waals surface area contributed by atoms with Crippen LogP contribution in [0.3, 0.4) is 0 Å². The number of carbonyl (C=O) groups excluding carboxylic acids is 2. The van der Waals surface area contributed by atoms with Gasteiger partial charge >= 0.3 is 6.09 Å². The quantitative estimate of drug-likeness (QED) is 0.764. The Morgan fingerprint density at radius 2 is 1.96 bits per heavy atom. The van der Waals surface area contributed by atoms with Gasteiger partial charge in [0.25, 0.3) is 0 Å². The molecule has 0 saturated heterocycles. The van der Waals surface area contributed by atoms with Crippen LogP contribution in [-0.4, -0.2) is 23.2 Å². The number of alkyl carbamates (subject to hydrolysis) is 1. The summed E-state index contributed by atoms with van der Waals surface area (Å²) in [5.41, 5.74) is 1.41. The molecule has 2 aliphatic carbocycles. The number of hydrogen-bond acceptors (Lipinski definition) is 3. The Labute approximate surface area is 145 Å². The number of amides is 1. The first-order valence-corrected chi connectivity index (χ1v) is 9.30. The lowest BCUT2D eigenvalue weighted by molar-refractivity contribution is -0.124. The van der Waals surface area contributed by atoms with Gasteiger partial charge in [0, 0.05) is 0 Å². The Kier molecular flexibility index (Phi) is 5.05. The molecule has 3 rings (SSSR count). The van der Waals surface area contributed by atoms with E-state index >= 15 is 0 Å². The molecular weight excluding hydrogens is 358 g/mol. The van der Waals surface area contributed by atoms with Crippen molar-refractivity contribution in [2.24, 2.45) is 11.3 Å². The van der Waals surface area contributed by atoms with Crippen LogP contribution in [0.1, 0.15) is 37.7 Å². The van der Waals surface area contributed by atoms with E-state index in [4.69, 9.17) is 4.74 Å². The van der Waals surface area contributed by atoms with Crippen molar-refractivity contribution in [1.29, 1.82) is 0 Å². The van der Waals surface area contributed by atoms with Crippen LogP contribution in [0, 0.1) is 11.3 Å². The average molecular weight is 380 g/mol. The van der Waals surface area contributed by atoms with Crippen molar-refractivity contribution in [3.8, 4) is 0 Å². The average Bonchev–Trinajstić information content (AvgIpc) is 2.49. The Bertz CT molecular complexity index is 563. The minimum absolute atomic E-state index is 0.0286. The topological polar surface area (TPSA) is 55.4 Å². The lowest BCUT2D eigenvalue weighted by Gasteiger charge is -2.56.